The second kappa shape index (κ2) is 11.1. The quantitative estimate of drug-likeness (QED) is 0.270. The molecule has 208 valence electrons. The molecule has 0 spiro atoms. The third-order valence-electron chi connectivity index (χ3n) is 6.01. The Hall–Kier alpha value is -4.29. The smallest absolute Gasteiger partial charge is 0.264 e. The highest BCUT2D eigenvalue weighted by Crippen LogP contribution is 2.25. The van der Waals surface area contributed by atoms with E-state index in [1.54, 1.807) is 45.9 Å². The van der Waals surface area contributed by atoms with Gasteiger partial charge in [0, 0.05) is 22.6 Å². The van der Waals surface area contributed by atoms with Crippen molar-refractivity contribution in [3.8, 4) is 0 Å². The first-order valence-electron chi connectivity index (χ1n) is 12.2. The Balaban J connectivity index is 1.51. The van der Waals surface area contributed by atoms with Crippen molar-refractivity contribution in [3.05, 3.63) is 100 Å². The lowest BCUT2D eigenvalue weighted by Gasteiger charge is -2.14. The number of benzene rings is 3. The van der Waals surface area contributed by atoms with Crippen LogP contribution in [0.1, 0.15) is 38.4 Å². The van der Waals surface area contributed by atoms with Gasteiger partial charge in [-0.1, -0.05) is 18.2 Å². The van der Waals surface area contributed by atoms with Crippen LogP contribution in [0.3, 0.4) is 0 Å². The maximum absolute atomic E-state index is 13.2. The molecule has 3 aromatic carbocycles. The lowest BCUT2D eigenvalue weighted by Crippen LogP contribution is -2.18. The molecule has 4 rings (SSSR count). The molecule has 3 N–H and O–H groups in total. The summed E-state index contributed by atoms with van der Waals surface area (Å²) in [5.41, 5.74) is 4.30. The van der Waals surface area contributed by atoms with Gasteiger partial charge in [0.15, 0.2) is 0 Å². The minimum atomic E-state index is -3.98. The first-order valence-corrected chi connectivity index (χ1v) is 15.2. The topological polar surface area (TPSA) is 147 Å². The summed E-state index contributed by atoms with van der Waals surface area (Å²) in [5.74, 6) is -0.590. The average Bonchev–Trinajstić information content (AvgIpc) is 2.85. The number of rotatable bonds is 8. The molecule has 0 fully saturated rings. The monoisotopic (exact) mass is 579 g/mol. The molecule has 1 amide bonds. The molecular formula is C28H29N5O5S2. The highest BCUT2D eigenvalue weighted by atomic mass is 32.2. The Morgan fingerprint density at radius 3 is 1.95 bits per heavy atom. The summed E-state index contributed by atoms with van der Waals surface area (Å²) in [6.07, 6.45) is 0. The minimum Gasteiger partial charge on any atom is -0.322 e. The summed E-state index contributed by atoms with van der Waals surface area (Å²) in [5, 5.41) is 2.67. The van der Waals surface area contributed by atoms with Crippen LogP contribution in [0.15, 0.2) is 76.5 Å². The van der Waals surface area contributed by atoms with E-state index in [1.807, 2.05) is 19.1 Å². The van der Waals surface area contributed by atoms with Gasteiger partial charge in [0.25, 0.3) is 26.0 Å². The molecule has 0 radical (unpaired) electrons. The Morgan fingerprint density at radius 2 is 1.30 bits per heavy atom. The number of nitrogens with zero attached hydrogens (tertiary/aromatic N) is 2. The summed E-state index contributed by atoms with van der Waals surface area (Å²) in [7, 11) is -7.94. The second-order valence-electron chi connectivity index (χ2n) is 9.46. The van der Waals surface area contributed by atoms with E-state index in [0.29, 0.717) is 28.3 Å². The summed E-state index contributed by atoms with van der Waals surface area (Å²) in [6.45, 7) is 8.79. The fourth-order valence-electron chi connectivity index (χ4n) is 3.95. The van der Waals surface area contributed by atoms with E-state index >= 15 is 0 Å². The number of aryl methyl sites for hydroxylation is 5. The van der Waals surface area contributed by atoms with Crippen molar-refractivity contribution >= 4 is 43.3 Å². The van der Waals surface area contributed by atoms with Gasteiger partial charge in [0.2, 0.25) is 5.95 Å². The molecule has 0 aliphatic heterocycles. The van der Waals surface area contributed by atoms with Crippen LogP contribution in [0.5, 0.6) is 0 Å². The van der Waals surface area contributed by atoms with E-state index in [1.165, 1.54) is 36.4 Å². The number of nitrogens with one attached hydrogen (secondary N) is 3. The number of amides is 1. The number of hydrogen-bond donors (Lipinski definition) is 3. The summed E-state index contributed by atoms with van der Waals surface area (Å²) < 4.78 is 56.9. The zero-order valence-corrected chi connectivity index (χ0v) is 24.2. The number of sulfonamides is 2. The van der Waals surface area contributed by atoms with Crippen molar-refractivity contribution in [2.45, 2.75) is 44.4 Å². The minimum absolute atomic E-state index is 0.0258. The summed E-state index contributed by atoms with van der Waals surface area (Å²) >= 11 is 0. The summed E-state index contributed by atoms with van der Waals surface area (Å²) in [6, 6.07) is 17.1. The highest BCUT2D eigenvalue weighted by molar-refractivity contribution is 7.93. The fraction of sp³-hybridized carbons (Fsp3) is 0.179. The zero-order valence-electron chi connectivity index (χ0n) is 22.6. The van der Waals surface area contributed by atoms with E-state index in [4.69, 9.17) is 0 Å². The van der Waals surface area contributed by atoms with Crippen LogP contribution in [0.4, 0.5) is 17.3 Å². The highest BCUT2D eigenvalue weighted by Gasteiger charge is 2.21. The first-order chi connectivity index (χ1) is 18.7. The maximum atomic E-state index is 13.2. The number of carbonyl (C=O) groups excluding carboxylic acids is 1. The Kier molecular flexibility index (Phi) is 7.94. The third-order valence-corrected chi connectivity index (χ3v) is 8.86. The van der Waals surface area contributed by atoms with Crippen LogP contribution in [0.2, 0.25) is 0 Å². The molecule has 0 saturated carbocycles. The maximum Gasteiger partial charge on any atom is 0.264 e. The van der Waals surface area contributed by atoms with Gasteiger partial charge in [-0.25, -0.2) is 31.5 Å². The van der Waals surface area contributed by atoms with Gasteiger partial charge < -0.3 is 5.32 Å². The van der Waals surface area contributed by atoms with Crippen molar-refractivity contribution < 1.29 is 21.6 Å². The van der Waals surface area contributed by atoms with E-state index < -0.39 is 26.0 Å². The fourth-order valence-corrected chi connectivity index (χ4v) is 6.29. The SMILES string of the molecule is Cc1ccc(C)c(NS(=O)(=O)c2cc(C(=O)Nc3ccc(S(=O)(=O)Nc4nc(C)cc(C)n4)cc3)ccc2C)c1. The molecule has 0 saturated heterocycles. The van der Waals surface area contributed by atoms with E-state index in [2.05, 4.69) is 24.7 Å². The standard InChI is InChI=1S/C28H29N5O5S2/c1-17-6-7-18(2)25(14-17)32-40(37,38)26-16-22(9-8-19(26)3)27(34)31-23-10-12-24(13-11-23)39(35,36)33-28-29-20(4)15-21(5)30-28/h6-16,32H,1-5H3,(H,31,34)(H,29,30,33). The van der Waals surface area contributed by atoms with Crippen molar-refractivity contribution in [1.29, 1.82) is 0 Å². The van der Waals surface area contributed by atoms with Gasteiger partial charge in [-0.2, -0.15) is 0 Å². The van der Waals surface area contributed by atoms with Crippen molar-refractivity contribution in [3.63, 3.8) is 0 Å². The first kappa shape index (κ1) is 28.7. The zero-order chi connectivity index (χ0) is 29.2. The molecule has 0 aliphatic carbocycles. The van der Waals surface area contributed by atoms with E-state index in [9.17, 15) is 21.6 Å². The normalized spacial score (nSPS) is 11.6. The van der Waals surface area contributed by atoms with Gasteiger partial charge in [-0.3, -0.25) is 9.52 Å². The largest absolute Gasteiger partial charge is 0.322 e. The predicted molar refractivity (Wildman–Crippen MR) is 155 cm³/mol. The molecule has 4 aromatic rings. The molecule has 10 nitrogen and oxygen atoms in total. The number of aromatic nitrogens is 2. The molecule has 0 atom stereocenters. The van der Waals surface area contributed by atoms with Gasteiger partial charge >= 0.3 is 0 Å². The van der Waals surface area contributed by atoms with Crippen LogP contribution in [-0.2, 0) is 20.0 Å². The molecule has 12 heteroatoms. The average molecular weight is 580 g/mol. The summed E-state index contributed by atoms with van der Waals surface area (Å²) in [4.78, 5) is 21.1. The third kappa shape index (κ3) is 6.64. The lowest BCUT2D eigenvalue weighted by atomic mass is 10.1. The van der Waals surface area contributed by atoms with Crippen molar-refractivity contribution in [2.24, 2.45) is 0 Å². The van der Waals surface area contributed by atoms with Crippen LogP contribution in [0.25, 0.3) is 0 Å². The van der Waals surface area contributed by atoms with Crippen LogP contribution >= 0.6 is 0 Å². The molecule has 40 heavy (non-hydrogen) atoms. The molecule has 0 aliphatic rings. The number of anilines is 3. The van der Waals surface area contributed by atoms with Crippen molar-refractivity contribution in [2.75, 3.05) is 14.8 Å². The molecular weight excluding hydrogens is 550 g/mol. The van der Waals surface area contributed by atoms with E-state index in [-0.39, 0.29) is 21.3 Å². The second-order valence-corrected chi connectivity index (χ2v) is 12.8. The van der Waals surface area contributed by atoms with E-state index in [0.717, 1.165) is 11.1 Å². The van der Waals surface area contributed by atoms with Gasteiger partial charge in [-0.15, -0.1) is 0 Å². The van der Waals surface area contributed by atoms with Crippen LogP contribution in [-0.4, -0.2) is 32.7 Å². The molecule has 0 unspecified atom stereocenters. The lowest BCUT2D eigenvalue weighted by molar-refractivity contribution is 0.102. The van der Waals surface area contributed by atoms with Gasteiger partial charge in [0.05, 0.1) is 15.5 Å². The molecule has 1 heterocycles. The van der Waals surface area contributed by atoms with Crippen LogP contribution in [0, 0.1) is 34.6 Å². The van der Waals surface area contributed by atoms with Gasteiger partial charge in [0.1, 0.15) is 0 Å². The Morgan fingerprint density at radius 1 is 0.675 bits per heavy atom. The number of carbonyl (C=O) groups is 1. The predicted octanol–water partition coefficient (Wildman–Crippen LogP) is 4.87. The van der Waals surface area contributed by atoms with Gasteiger partial charge in [-0.05, 0) is 99.8 Å². The number of hydrogen-bond acceptors (Lipinski definition) is 7. The van der Waals surface area contributed by atoms with Crippen molar-refractivity contribution in [1.82, 2.24) is 9.97 Å². The van der Waals surface area contributed by atoms with Crippen LogP contribution < -0.4 is 14.8 Å². The molecule has 0 bridgehead atoms. The Bertz CT molecular complexity index is 1800. The molecule has 1 aromatic heterocycles. The Labute approximate surface area is 234 Å².